The summed E-state index contributed by atoms with van der Waals surface area (Å²) in [6, 6.07) is 8.99. The van der Waals surface area contributed by atoms with Crippen molar-refractivity contribution in [3.05, 3.63) is 35.9 Å². The molecule has 0 radical (unpaired) electrons. The first-order valence-electron chi connectivity index (χ1n) is 7.53. The maximum absolute atomic E-state index is 12.5. The minimum Gasteiger partial charge on any atom is -0.465 e. The second-order valence-electron chi connectivity index (χ2n) is 4.90. The van der Waals surface area contributed by atoms with Crippen molar-refractivity contribution in [3.63, 3.8) is 0 Å². The van der Waals surface area contributed by atoms with E-state index in [1.807, 2.05) is 19.9 Å². The summed E-state index contributed by atoms with van der Waals surface area (Å²) in [5.41, 5.74) is -0.749. The van der Waals surface area contributed by atoms with Gasteiger partial charge in [0.15, 0.2) is 5.41 Å². The molecule has 0 fully saturated rings. The fourth-order valence-electron chi connectivity index (χ4n) is 2.17. The van der Waals surface area contributed by atoms with Crippen LogP contribution in [-0.2, 0) is 24.5 Å². The zero-order chi connectivity index (χ0) is 15.7. The van der Waals surface area contributed by atoms with E-state index in [0.717, 1.165) is 0 Å². The minimum atomic E-state index is -1.37. The highest BCUT2D eigenvalue weighted by Crippen LogP contribution is 2.31. The Morgan fingerprint density at radius 3 is 1.76 bits per heavy atom. The molecule has 0 bridgehead atoms. The SMILES string of the molecule is CCCOC(=O)C(CC)(C(=O)OCCC)c1ccccc1. The molecule has 0 saturated heterocycles. The minimum absolute atomic E-state index is 0.300. The predicted molar refractivity (Wildman–Crippen MR) is 80.9 cm³/mol. The van der Waals surface area contributed by atoms with Crippen LogP contribution in [0.3, 0.4) is 0 Å². The van der Waals surface area contributed by atoms with Crippen LogP contribution in [-0.4, -0.2) is 25.2 Å². The first-order valence-corrected chi connectivity index (χ1v) is 7.53. The third-order valence-electron chi connectivity index (χ3n) is 3.37. The summed E-state index contributed by atoms with van der Waals surface area (Å²) in [5.74, 6) is -1.06. The second-order valence-corrected chi connectivity index (χ2v) is 4.90. The quantitative estimate of drug-likeness (QED) is 0.545. The van der Waals surface area contributed by atoms with Crippen molar-refractivity contribution >= 4 is 11.9 Å². The Morgan fingerprint density at radius 2 is 1.38 bits per heavy atom. The number of ether oxygens (including phenoxy) is 2. The highest BCUT2D eigenvalue weighted by atomic mass is 16.6. The highest BCUT2D eigenvalue weighted by Gasteiger charge is 2.49. The molecule has 116 valence electrons. The molecule has 1 rings (SSSR count). The summed E-state index contributed by atoms with van der Waals surface area (Å²) in [7, 11) is 0. The van der Waals surface area contributed by atoms with E-state index < -0.39 is 17.4 Å². The smallest absolute Gasteiger partial charge is 0.328 e. The average Bonchev–Trinajstić information content (AvgIpc) is 2.53. The molecule has 0 heterocycles. The number of esters is 2. The Balaban J connectivity index is 3.18. The van der Waals surface area contributed by atoms with E-state index in [4.69, 9.17) is 9.47 Å². The lowest BCUT2D eigenvalue weighted by atomic mass is 9.78. The lowest BCUT2D eigenvalue weighted by molar-refractivity contribution is -0.165. The lowest BCUT2D eigenvalue weighted by Gasteiger charge is -2.28. The van der Waals surface area contributed by atoms with Crippen LogP contribution in [0, 0.1) is 0 Å². The van der Waals surface area contributed by atoms with Crippen molar-refractivity contribution in [3.8, 4) is 0 Å². The van der Waals surface area contributed by atoms with E-state index in [1.165, 1.54) is 0 Å². The molecule has 0 aliphatic heterocycles. The Bertz CT molecular complexity index is 433. The topological polar surface area (TPSA) is 52.6 Å². The molecule has 0 spiro atoms. The highest BCUT2D eigenvalue weighted by molar-refractivity contribution is 6.06. The van der Waals surface area contributed by atoms with Crippen molar-refractivity contribution in [1.29, 1.82) is 0 Å². The fraction of sp³-hybridized carbons (Fsp3) is 0.529. The fourth-order valence-corrected chi connectivity index (χ4v) is 2.17. The zero-order valence-corrected chi connectivity index (χ0v) is 13.1. The molecule has 0 aliphatic carbocycles. The second kappa shape index (κ2) is 8.45. The lowest BCUT2D eigenvalue weighted by Crippen LogP contribution is -2.46. The van der Waals surface area contributed by atoms with Gasteiger partial charge in [-0.2, -0.15) is 0 Å². The normalized spacial score (nSPS) is 11.0. The first kappa shape index (κ1) is 17.2. The van der Waals surface area contributed by atoms with E-state index in [9.17, 15) is 9.59 Å². The molecule has 0 aromatic heterocycles. The van der Waals surface area contributed by atoms with Gasteiger partial charge in [-0.15, -0.1) is 0 Å². The molecular weight excluding hydrogens is 268 g/mol. The van der Waals surface area contributed by atoms with Crippen molar-refractivity contribution in [1.82, 2.24) is 0 Å². The van der Waals surface area contributed by atoms with Crippen LogP contribution < -0.4 is 0 Å². The Hall–Kier alpha value is -1.84. The molecular formula is C17H24O4. The van der Waals surface area contributed by atoms with Gasteiger partial charge in [-0.3, -0.25) is 9.59 Å². The Labute approximate surface area is 126 Å². The van der Waals surface area contributed by atoms with Gasteiger partial charge < -0.3 is 9.47 Å². The maximum Gasteiger partial charge on any atom is 0.328 e. The van der Waals surface area contributed by atoms with Crippen LogP contribution in [0.1, 0.15) is 45.6 Å². The molecule has 0 N–H and O–H groups in total. The van der Waals surface area contributed by atoms with Crippen molar-refractivity contribution in [2.45, 2.75) is 45.4 Å². The van der Waals surface area contributed by atoms with Gasteiger partial charge >= 0.3 is 11.9 Å². The Morgan fingerprint density at radius 1 is 0.905 bits per heavy atom. The predicted octanol–water partition coefficient (Wildman–Crippen LogP) is 3.24. The third kappa shape index (κ3) is 3.84. The van der Waals surface area contributed by atoms with Gasteiger partial charge in [0, 0.05) is 0 Å². The van der Waals surface area contributed by atoms with Crippen molar-refractivity contribution in [2.24, 2.45) is 0 Å². The number of hydrogen-bond acceptors (Lipinski definition) is 4. The van der Waals surface area contributed by atoms with Gasteiger partial charge in [0.1, 0.15) is 0 Å². The summed E-state index contributed by atoms with van der Waals surface area (Å²) < 4.78 is 10.5. The maximum atomic E-state index is 12.5. The van der Waals surface area contributed by atoms with Crippen LogP contribution in [0.25, 0.3) is 0 Å². The van der Waals surface area contributed by atoms with Crippen LogP contribution in [0.2, 0.25) is 0 Å². The first-order chi connectivity index (χ1) is 10.1. The monoisotopic (exact) mass is 292 g/mol. The van der Waals surface area contributed by atoms with Crippen LogP contribution in [0.5, 0.6) is 0 Å². The number of rotatable bonds is 8. The third-order valence-corrected chi connectivity index (χ3v) is 3.37. The molecule has 1 aromatic carbocycles. The van der Waals surface area contributed by atoms with Gasteiger partial charge in [0.2, 0.25) is 0 Å². The largest absolute Gasteiger partial charge is 0.465 e. The van der Waals surface area contributed by atoms with E-state index in [-0.39, 0.29) is 0 Å². The molecule has 0 unspecified atom stereocenters. The molecule has 4 nitrogen and oxygen atoms in total. The summed E-state index contributed by atoms with van der Waals surface area (Å²) in [6.45, 7) is 6.23. The van der Waals surface area contributed by atoms with E-state index in [1.54, 1.807) is 31.2 Å². The van der Waals surface area contributed by atoms with Crippen LogP contribution in [0.15, 0.2) is 30.3 Å². The molecule has 0 saturated carbocycles. The van der Waals surface area contributed by atoms with E-state index >= 15 is 0 Å². The molecule has 0 amide bonds. The molecule has 0 aliphatic rings. The van der Waals surface area contributed by atoms with Gasteiger partial charge in [-0.1, -0.05) is 51.1 Å². The molecule has 0 atom stereocenters. The summed E-state index contributed by atoms with van der Waals surface area (Å²) in [4.78, 5) is 25.1. The van der Waals surface area contributed by atoms with Crippen molar-refractivity contribution in [2.75, 3.05) is 13.2 Å². The van der Waals surface area contributed by atoms with Crippen molar-refractivity contribution < 1.29 is 19.1 Å². The van der Waals surface area contributed by atoms with Gasteiger partial charge in [-0.25, -0.2) is 0 Å². The average molecular weight is 292 g/mol. The Kier molecular flexibility index (Phi) is 6.92. The van der Waals surface area contributed by atoms with Gasteiger partial charge in [0.05, 0.1) is 13.2 Å². The van der Waals surface area contributed by atoms with Gasteiger partial charge in [0.25, 0.3) is 0 Å². The van der Waals surface area contributed by atoms with Crippen LogP contribution in [0.4, 0.5) is 0 Å². The number of carbonyl (C=O) groups is 2. The van der Waals surface area contributed by atoms with Crippen LogP contribution >= 0.6 is 0 Å². The van der Waals surface area contributed by atoms with E-state index in [2.05, 4.69) is 0 Å². The standard InChI is InChI=1S/C17H24O4/c1-4-12-20-15(18)17(6-3,16(19)21-13-5-2)14-10-8-7-9-11-14/h7-11H,4-6,12-13H2,1-3H3. The summed E-state index contributed by atoms with van der Waals surface area (Å²) >= 11 is 0. The molecule has 4 heteroatoms. The number of hydrogen-bond donors (Lipinski definition) is 0. The number of benzene rings is 1. The van der Waals surface area contributed by atoms with E-state index in [0.29, 0.717) is 38.0 Å². The summed E-state index contributed by atoms with van der Waals surface area (Å²) in [6.07, 6.45) is 1.73. The number of carbonyl (C=O) groups excluding carboxylic acids is 2. The molecule has 1 aromatic rings. The zero-order valence-electron chi connectivity index (χ0n) is 13.1. The summed E-state index contributed by atoms with van der Waals surface area (Å²) in [5, 5.41) is 0. The molecule has 21 heavy (non-hydrogen) atoms. The van der Waals surface area contributed by atoms with Gasteiger partial charge in [-0.05, 0) is 24.8 Å².